The number of likely N-dealkylation sites (N-methyl/N-ethyl adjacent to an activating group) is 1. The molecule has 200 valence electrons. The first kappa shape index (κ1) is 29.3. The standard InChI is InChI=1S/C26H40N4O6/c1-18-14-16-36-23(26(34)29-35)21(12-7-11-20-9-5-4-6-10-20)24(32)28-22(25(33)27-3)13-8-15-30(17-18)19(2)31/h4-6,9-10,18,21-23,35H,7-8,11-17H2,1-3H3,(H,27,33)(H,28,32)(H,29,34)/t18?,21-,22+,23+/m1/s1. The second-order valence-electron chi connectivity index (χ2n) is 9.43. The summed E-state index contributed by atoms with van der Waals surface area (Å²) in [5.74, 6) is -2.53. The molecule has 1 heterocycles. The number of carbonyl (C=O) groups is 4. The van der Waals surface area contributed by atoms with Crippen molar-refractivity contribution in [3.8, 4) is 0 Å². The molecule has 0 aromatic heterocycles. The Labute approximate surface area is 213 Å². The summed E-state index contributed by atoms with van der Waals surface area (Å²) < 4.78 is 5.88. The van der Waals surface area contributed by atoms with Gasteiger partial charge in [-0.05, 0) is 50.0 Å². The molecule has 0 radical (unpaired) electrons. The van der Waals surface area contributed by atoms with E-state index in [1.807, 2.05) is 37.3 Å². The monoisotopic (exact) mass is 504 g/mol. The van der Waals surface area contributed by atoms with Crippen LogP contribution in [0, 0.1) is 11.8 Å². The molecule has 0 spiro atoms. The lowest BCUT2D eigenvalue weighted by atomic mass is 9.92. The lowest BCUT2D eigenvalue weighted by Crippen LogP contribution is -2.52. The largest absolute Gasteiger partial charge is 0.367 e. The third kappa shape index (κ3) is 9.23. The third-order valence-electron chi connectivity index (χ3n) is 6.58. The second-order valence-corrected chi connectivity index (χ2v) is 9.43. The van der Waals surface area contributed by atoms with Crippen LogP contribution >= 0.6 is 0 Å². The van der Waals surface area contributed by atoms with E-state index in [2.05, 4.69) is 10.6 Å². The number of nitrogens with zero attached hydrogens (tertiary/aromatic N) is 1. The van der Waals surface area contributed by atoms with Crippen LogP contribution in [0.3, 0.4) is 0 Å². The number of amides is 4. The molecule has 1 aromatic rings. The smallest absolute Gasteiger partial charge is 0.273 e. The molecule has 1 aliphatic heterocycles. The fraction of sp³-hybridized carbons (Fsp3) is 0.615. The van der Waals surface area contributed by atoms with Gasteiger partial charge in [-0.1, -0.05) is 37.3 Å². The first-order chi connectivity index (χ1) is 17.3. The first-order valence-corrected chi connectivity index (χ1v) is 12.6. The predicted molar refractivity (Wildman–Crippen MR) is 134 cm³/mol. The topological polar surface area (TPSA) is 137 Å². The van der Waals surface area contributed by atoms with Gasteiger partial charge in [0.25, 0.3) is 5.91 Å². The summed E-state index contributed by atoms with van der Waals surface area (Å²) in [6.45, 7) is 4.66. The maximum Gasteiger partial charge on any atom is 0.273 e. The molecule has 1 aromatic carbocycles. The van der Waals surface area contributed by atoms with E-state index in [0.717, 1.165) is 5.56 Å². The zero-order valence-corrected chi connectivity index (χ0v) is 21.5. The molecule has 0 aliphatic carbocycles. The molecule has 1 aliphatic rings. The predicted octanol–water partition coefficient (Wildman–Crippen LogP) is 1.42. The van der Waals surface area contributed by atoms with Crippen molar-refractivity contribution >= 4 is 23.6 Å². The zero-order chi connectivity index (χ0) is 26.5. The molecule has 0 bridgehead atoms. The molecule has 10 heteroatoms. The van der Waals surface area contributed by atoms with Crippen LogP contribution in [0.1, 0.15) is 51.5 Å². The molecular formula is C26H40N4O6. The van der Waals surface area contributed by atoms with Gasteiger partial charge in [0.15, 0.2) is 0 Å². The minimum absolute atomic E-state index is 0.0635. The number of rotatable bonds is 6. The molecule has 10 nitrogen and oxygen atoms in total. The summed E-state index contributed by atoms with van der Waals surface area (Å²) in [7, 11) is 1.49. The quantitative estimate of drug-likeness (QED) is 0.342. The Bertz CT molecular complexity index is 865. The maximum absolute atomic E-state index is 13.4. The summed E-state index contributed by atoms with van der Waals surface area (Å²) in [6.07, 6.45) is 1.84. The Morgan fingerprint density at radius 3 is 2.53 bits per heavy atom. The maximum atomic E-state index is 13.4. The fourth-order valence-corrected chi connectivity index (χ4v) is 4.48. The molecule has 0 saturated carbocycles. The van der Waals surface area contributed by atoms with E-state index in [0.29, 0.717) is 51.6 Å². The van der Waals surface area contributed by atoms with E-state index in [9.17, 15) is 24.4 Å². The van der Waals surface area contributed by atoms with E-state index in [1.165, 1.54) is 14.0 Å². The van der Waals surface area contributed by atoms with Crippen LogP contribution < -0.4 is 16.1 Å². The van der Waals surface area contributed by atoms with Crippen molar-refractivity contribution in [1.82, 2.24) is 21.0 Å². The van der Waals surface area contributed by atoms with Crippen LogP contribution in [0.4, 0.5) is 0 Å². The Hall–Kier alpha value is -2.98. The number of benzene rings is 1. The number of hydroxylamine groups is 1. The highest BCUT2D eigenvalue weighted by atomic mass is 16.5. The van der Waals surface area contributed by atoms with Crippen molar-refractivity contribution < 1.29 is 29.1 Å². The Morgan fingerprint density at radius 2 is 1.89 bits per heavy atom. The van der Waals surface area contributed by atoms with Gasteiger partial charge < -0.3 is 20.3 Å². The SMILES string of the molecule is CNC(=O)[C@@H]1CCCN(C(C)=O)CC(C)CCO[C@H](C(=O)NO)[C@@H](CCCc2ccccc2)C(=O)N1. The Balaban J connectivity index is 2.28. The summed E-state index contributed by atoms with van der Waals surface area (Å²) in [5, 5.41) is 14.7. The average molecular weight is 505 g/mol. The van der Waals surface area contributed by atoms with E-state index in [4.69, 9.17) is 4.74 Å². The lowest BCUT2D eigenvalue weighted by molar-refractivity contribution is -0.152. The normalized spacial score (nSPS) is 24.2. The van der Waals surface area contributed by atoms with Crippen molar-refractivity contribution in [1.29, 1.82) is 0 Å². The Kier molecular flexibility index (Phi) is 12.4. The molecule has 1 fully saturated rings. The molecule has 2 rings (SSSR count). The van der Waals surface area contributed by atoms with Gasteiger partial charge in [-0.15, -0.1) is 0 Å². The lowest BCUT2D eigenvalue weighted by Gasteiger charge is -2.30. The molecular weight excluding hydrogens is 464 g/mol. The molecule has 4 atom stereocenters. The molecule has 4 N–H and O–H groups in total. The van der Waals surface area contributed by atoms with Gasteiger partial charge in [0.1, 0.15) is 12.1 Å². The number of aryl methyl sites for hydroxylation is 1. The molecule has 36 heavy (non-hydrogen) atoms. The van der Waals surface area contributed by atoms with Crippen LogP contribution in [-0.2, 0) is 30.3 Å². The average Bonchev–Trinajstić information content (AvgIpc) is 2.87. The highest BCUT2D eigenvalue weighted by Crippen LogP contribution is 2.20. The molecule has 1 unspecified atom stereocenters. The summed E-state index contributed by atoms with van der Waals surface area (Å²) in [6, 6.07) is 8.98. The van der Waals surface area contributed by atoms with Gasteiger partial charge in [-0.2, -0.15) is 0 Å². The van der Waals surface area contributed by atoms with Crippen molar-refractivity contribution in [2.24, 2.45) is 11.8 Å². The van der Waals surface area contributed by atoms with E-state index in [-0.39, 0.29) is 24.3 Å². The Morgan fingerprint density at radius 1 is 1.17 bits per heavy atom. The van der Waals surface area contributed by atoms with E-state index >= 15 is 0 Å². The fourth-order valence-electron chi connectivity index (χ4n) is 4.48. The van der Waals surface area contributed by atoms with Crippen molar-refractivity contribution in [2.75, 3.05) is 26.7 Å². The summed E-state index contributed by atoms with van der Waals surface area (Å²) in [5.41, 5.74) is 2.74. The van der Waals surface area contributed by atoms with Crippen molar-refractivity contribution in [3.05, 3.63) is 35.9 Å². The van der Waals surface area contributed by atoms with Crippen molar-refractivity contribution in [3.63, 3.8) is 0 Å². The summed E-state index contributed by atoms with van der Waals surface area (Å²) in [4.78, 5) is 52.4. The van der Waals surface area contributed by atoms with Crippen LogP contribution in [0.2, 0.25) is 0 Å². The van der Waals surface area contributed by atoms with Crippen LogP contribution in [0.5, 0.6) is 0 Å². The number of hydrogen-bond acceptors (Lipinski definition) is 6. The highest BCUT2D eigenvalue weighted by Gasteiger charge is 2.36. The third-order valence-corrected chi connectivity index (χ3v) is 6.58. The minimum atomic E-state index is -1.23. The zero-order valence-electron chi connectivity index (χ0n) is 21.5. The van der Waals surface area contributed by atoms with Gasteiger partial charge in [-0.25, -0.2) is 5.48 Å². The molecule has 4 amide bonds. The highest BCUT2D eigenvalue weighted by molar-refractivity contribution is 5.92. The number of nitrogens with one attached hydrogen (secondary N) is 3. The van der Waals surface area contributed by atoms with Crippen molar-refractivity contribution in [2.45, 2.75) is 64.5 Å². The summed E-state index contributed by atoms with van der Waals surface area (Å²) >= 11 is 0. The van der Waals surface area contributed by atoms with E-state index in [1.54, 1.807) is 10.4 Å². The van der Waals surface area contributed by atoms with Crippen LogP contribution in [-0.4, -0.2) is 72.6 Å². The van der Waals surface area contributed by atoms with Gasteiger partial charge >= 0.3 is 0 Å². The van der Waals surface area contributed by atoms with Crippen LogP contribution in [0.25, 0.3) is 0 Å². The number of ether oxygens (including phenoxy) is 1. The molecule has 1 saturated heterocycles. The van der Waals surface area contributed by atoms with Gasteiger partial charge in [-0.3, -0.25) is 24.4 Å². The van der Waals surface area contributed by atoms with Gasteiger partial charge in [0.05, 0.1) is 5.92 Å². The van der Waals surface area contributed by atoms with Gasteiger partial charge in [0, 0.05) is 33.7 Å². The number of hydrogen-bond donors (Lipinski definition) is 4. The minimum Gasteiger partial charge on any atom is -0.367 e. The second kappa shape index (κ2) is 15.2. The van der Waals surface area contributed by atoms with Gasteiger partial charge in [0.2, 0.25) is 17.7 Å². The number of carbonyl (C=O) groups excluding carboxylic acids is 4. The van der Waals surface area contributed by atoms with E-state index < -0.39 is 29.9 Å². The first-order valence-electron chi connectivity index (χ1n) is 12.6. The van der Waals surface area contributed by atoms with Crippen LogP contribution in [0.15, 0.2) is 30.3 Å².